The molecular weight excluding hydrogens is 474 g/mol. The molecule has 0 saturated heterocycles. The standard InChI is InChI=1S/C24H23N3O3S3/c1-3-11-27-12-10-14-19(13-27)33-23(20(14)24(29)30-2)26-21(28)17-8-9-18(31-17)22-25-15-6-4-5-7-16(15)32-22/h4-9H,3,10-13H2,1-2H3,(H,26,28). The number of nitrogens with one attached hydrogen (secondary N) is 1. The van der Waals surface area contributed by atoms with Crippen LogP contribution in [0.15, 0.2) is 36.4 Å². The summed E-state index contributed by atoms with van der Waals surface area (Å²) in [5, 5.41) is 4.47. The predicted octanol–water partition coefficient (Wildman–Crippen LogP) is 5.89. The molecule has 3 aromatic heterocycles. The second-order valence-electron chi connectivity index (χ2n) is 7.83. The van der Waals surface area contributed by atoms with Crippen molar-refractivity contribution in [3.05, 3.63) is 57.3 Å². The number of fused-ring (bicyclic) bond motifs is 2. The zero-order valence-corrected chi connectivity index (χ0v) is 20.8. The number of rotatable bonds is 6. The van der Waals surface area contributed by atoms with Gasteiger partial charge in [-0.1, -0.05) is 19.1 Å². The number of carbonyl (C=O) groups excluding carboxylic acids is 2. The zero-order valence-electron chi connectivity index (χ0n) is 18.3. The van der Waals surface area contributed by atoms with Gasteiger partial charge < -0.3 is 10.1 Å². The fourth-order valence-electron chi connectivity index (χ4n) is 4.09. The Kier molecular flexibility index (Phi) is 6.29. The Hall–Kier alpha value is -2.59. The fraction of sp³-hybridized carbons (Fsp3) is 0.292. The van der Waals surface area contributed by atoms with Crippen molar-refractivity contribution >= 4 is 61.1 Å². The summed E-state index contributed by atoms with van der Waals surface area (Å²) >= 11 is 4.51. The fourth-order valence-corrected chi connectivity index (χ4v) is 7.28. The topological polar surface area (TPSA) is 71.5 Å². The van der Waals surface area contributed by atoms with Gasteiger partial charge in [0.1, 0.15) is 10.0 Å². The van der Waals surface area contributed by atoms with Crippen LogP contribution in [-0.4, -0.2) is 42.0 Å². The molecule has 9 heteroatoms. The number of methoxy groups -OCH3 is 1. The van der Waals surface area contributed by atoms with Crippen molar-refractivity contribution in [3.63, 3.8) is 0 Å². The SMILES string of the molecule is CCCN1CCc2c(sc(NC(=O)c3ccc(-c4nc5ccccc5s4)s3)c2C(=O)OC)C1. The first kappa shape index (κ1) is 22.2. The van der Waals surface area contributed by atoms with Crippen molar-refractivity contribution < 1.29 is 14.3 Å². The van der Waals surface area contributed by atoms with Crippen molar-refractivity contribution in [2.45, 2.75) is 26.3 Å². The molecule has 0 fully saturated rings. The summed E-state index contributed by atoms with van der Waals surface area (Å²) in [7, 11) is 1.38. The Labute approximate surface area is 203 Å². The molecule has 1 aliphatic rings. The maximum absolute atomic E-state index is 13.1. The molecule has 6 nitrogen and oxygen atoms in total. The van der Waals surface area contributed by atoms with Gasteiger partial charge in [0.25, 0.3) is 5.91 Å². The molecule has 1 N–H and O–H groups in total. The number of thiophene rings is 2. The highest BCUT2D eigenvalue weighted by atomic mass is 32.1. The summed E-state index contributed by atoms with van der Waals surface area (Å²) in [6, 6.07) is 11.8. The van der Waals surface area contributed by atoms with Crippen LogP contribution in [0.5, 0.6) is 0 Å². The number of para-hydroxylation sites is 1. The van der Waals surface area contributed by atoms with E-state index in [9.17, 15) is 9.59 Å². The average molecular weight is 498 g/mol. The first-order chi connectivity index (χ1) is 16.1. The van der Waals surface area contributed by atoms with E-state index in [1.165, 1.54) is 29.8 Å². The molecule has 33 heavy (non-hydrogen) atoms. The van der Waals surface area contributed by atoms with Crippen LogP contribution in [0.1, 0.15) is 43.8 Å². The number of hydrogen-bond donors (Lipinski definition) is 1. The number of carbonyl (C=O) groups is 2. The first-order valence-electron chi connectivity index (χ1n) is 10.8. The third-order valence-electron chi connectivity index (χ3n) is 5.63. The predicted molar refractivity (Wildman–Crippen MR) is 136 cm³/mol. The van der Waals surface area contributed by atoms with Gasteiger partial charge in [0.15, 0.2) is 0 Å². The van der Waals surface area contributed by atoms with E-state index in [1.54, 1.807) is 11.3 Å². The van der Waals surface area contributed by atoms with Crippen LogP contribution in [0, 0.1) is 0 Å². The van der Waals surface area contributed by atoms with Gasteiger partial charge in [-0.25, -0.2) is 9.78 Å². The third kappa shape index (κ3) is 4.33. The number of amides is 1. The Morgan fingerprint density at radius 1 is 1.15 bits per heavy atom. The van der Waals surface area contributed by atoms with E-state index in [-0.39, 0.29) is 5.91 Å². The zero-order chi connectivity index (χ0) is 22.9. The highest BCUT2D eigenvalue weighted by Gasteiger charge is 2.29. The molecule has 0 radical (unpaired) electrons. The van der Waals surface area contributed by atoms with Crippen LogP contribution in [0.2, 0.25) is 0 Å². The quantitative estimate of drug-likeness (QED) is 0.336. The number of esters is 1. The third-order valence-corrected chi connectivity index (χ3v) is 9.05. The van der Waals surface area contributed by atoms with Gasteiger partial charge in [0.05, 0.1) is 32.6 Å². The lowest BCUT2D eigenvalue weighted by molar-refractivity contribution is 0.0600. The molecule has 0 aliphatic carbocycles. The Morgan fingerprint density at radius 2 is 2.00 bits per heavy atom. The molecule has 4 heterocycles. The summed E-state index contributed by atoms with van der Waals surface area (Å²) in [5.74, 6) is -0.616. The summed E-state index contributed by atoms with van der Waals surface area (Å²) in [5.41, 5.74) is 2.47. The minimum Gasteiger partial charge on any atom is -0.465 e. The van der Waals surface area contributed by atoms with E-state index in [1.807, 2.05) is 36.4 Å². The lowest BCUT2D eigenvalue weighted by Gasteiger charge is -2.26. The normalized spacial score (nSPS) is 13.8. The molecular formula is C24H23N3O3S3. The van der Waals surface area contributed by atoms with Crippen LogP contribution in [0.3, 0.4) is 0 Å². The van der Waals surface area contributed by atoms with E-state index in [0.717, 1.165) is 63.0 Å². The lowest BCUT2D eigenvalue weighted by Crippen LogP contribution is -2.30. The van der Waals surface area contributed by atoms with E-state index < -0.39 is 5.97 Å². The second-order valence-corrected chi connectivity index (χ2v) is 11.1. The highest BCUT2D eigenvalue weighted by Crippen LogP contribution is 2.39. The Balaban J connectivity index is 1.40. The van der Waals surface area contributed by atoms with Gasteiger partial charge in [0, 0.05) is 18.0 Å². The molecule has 1 amide bonds. The van der Waals surface area contributed by atoms with Crippen molar-refractivity contribution in [1.29, 1.82) is 0 Å². The van der Waals surface area contributed by atoms with Gasteiger partial charge in [-0.2, -0.15) is 0 Å². The maximum atomic E-state index is 13.1. The monoisotopic (exact) mass is 497 g/mol. The molecule has 0 atom stereocenters. The van der Waals surface area contributed by atoms with Gasteiger partial charge in [0.2, 0.25) is 0 Å². The number of ether oxygens (including phenoxy) is 1. The highest BCUT2D eigenvalue weighted by molar-refractivity contribution is 7.26. The molecule has 0 saturated carbocycles. The first-order valence-corrected chi connectivity index (χ1v) is 13.2. The van der Waals surface area contributed by atoms with Crippen molar-refractivity contribution in [1.82, 2.24) is 9.88 Å². The summed E-state index contributed by atoms with van der Waals surface area (Å²) < 4.78 is 6.17. The molecule has 5 rings (SSSR count). The molecule has 1 aromatic carbocycles. The van der Waals surface area contributed by atoms with Gasteiger partial charge in [-0.15, -0.1) is 34.0 Å². The largest absolute Gasteiger partial charge is 0.465 e. The maximum Gasteiger partial charge on any atom is 0.341 e. The van der Waals surface area contributed by atoms with Gasteiger partial charge >= 0.3 is 5.97 Å². The van der Waals surface area contributed by atoms with Gasteiger partial charge in [-0.3, -0.25) is 9.69 Å². The van der Waals surface area contributed by atoms with Crippen LogP contribution >= 0.6 is 34.0 Å². The molecule has 0 bridgehead atoms. The van der Waals surface area contributed by atoms with Crippen LogP contribution in [0.25, 0.3) is 20.1 Å². The van der Waals surface area contributed by atoms with E-state index in [2.05, 4.69) is 22.1 Å². The van der Waals surface area contributed by atoms with Crippen LogP contribution in [-0.2, 0) is 17.7 Å². The number of thiazole rings is 1. The van der Waals surface area contributed by atoms with E-state index in [4.69, 9.17) is 4.74 Å². The van der Waals surface area contributed by atoms with Crippen molar-refractivity contribution in [2.75, 3.05) is 25.5 Å². The van der Waals surface area contributed by atoms with Crippen molar-refractivity contribution in [3.8, 4) is 9.88 Å². The summed E-state index contributed by atoms with van der Waals surface area (Å²) in [6.45, 7) is 4.90. The second kappa shape index (κ2) is 9.34. The smallest absolute Gasteiger partial charge is 0.341 e. The molecule has 170 valence electrons. The van der Waals surface area contributed by atoms with Gasteiger partial charge in [-0.05, 0) is 49.2 Å². The molecule has 0 spiro atoms. The minimum atomic E-state index is -0.395. The average Bonchev–Trinajstić information content (AvgIpc) is 3.54. The Bertz CT molecular complexity index is 1300. The van der Waals surface area contributed by atoms with Crippen LogP contribution < -0.4 is 5.32 Å². The van der Waals surface area contributed by atoms with E-state index >= 15 is 0 Å². The van der Waals surface area contributed by atoms with E-state index in [0.29, 0.717) is 15.4 Å². The van der Waals surface area contributed by atoms with Crippen molar-refractivity contribution in [2.24, 2.45) is 0 Å². The Morgan fingerprint density at radius 3 is 2.79 bits per heavy atom. The summed E-state index contributed by atoms with van der Waals surface area (Å²) in [6.07, 6.45) is 1.87. The van der Waals surface area contributed by atoms with Crippen LogP contribution in [0.4, 0.5) is 5.00 Å². The summed E-state index contributed by atoms with van der Waals surface area (Å²) in [4.78, 5) is 35.4. The molecule has 1 aliphatic heterocycles. The molecule has 0 unspecified atom stereocenters. The number of hydrogen-bond acceptors (Lipinski definition) is 8. The lowest BCUT2D eigenvalue weighted by atomic mass is 10.0. The number of anilines is 1. The number of nitrogens with zero attached hydrogens (tertiary/aromatic N) is 2. The molecule has 4 aromatic rings. The number of benzene rings is 1. The minimum absolute atomic E-state index is 0.221. The number of aromatic nitrogens is 1.